The number of aromatic nitrogens is 2. The van der Waals surface area contributed by atoms with Crippen LogP contribution in [-0.4, -0.2) is 9.55 Å². The largest absolute Gasteiger partial charge is 0.292 e. The van der Waals surface area contributed by atoms with Gasteiger partial charge >= 0.3 is 0 Å². The maximum atomic E-state index is 5.12. The Balaban J connectivity index is 1.10. The Labute approximate surface area is 320 Å². The molecule has 0 saturated heterocycles. The first-order chi connectivity index (χ1) is 27.3. The molecule has 0 amide bonds. The maximum absolute atomic E-state index is 5.12. The van der Waals surface area contributed by atoms with E-state index in [1.165, 1.54) is 71.3 Å². The number of fused-ring (bicyclic) bond motifs is 5. The predicted octanol–water partition coefficient (Wildman–Crippen LogP) is 13.8. The molecule has 0 fully saturated rings. The second-order valence-corrected chi connectivity index (χ2v) is 14.7. The normalized spacial score (nSPS) is 13.9. The molecule has 1 atom stereocenters. The minimum absolute atomic E-state index is 0.247. The van der Waals surface area contributed by atoms with Crippen LogP contribution < -0.4 is 0 Å². The summed E-state index contributed by atoms with van der Waals surface area (Å²) >= 11 is 0. The predicted molar refractivity (Wildman–Crippen MR) is 232 cm³/mol. The molecule has 0 radical (unpaired) electrons. The minimum atomic E-state index is 0.247. The topological polar surface area (TPSA) is 17.8 Å². The van der Waals surface area contributed by atoms with Crippen LogP contribution in [0.3, 0.4) is 0 Å². The Morgan fingerprint density at radius 1 is 0.473 bits per heavy atom. The molecule has 9 aromatic carbocycles. The van der Waals surface area contributed by atoms with E-state index in [1.807, 2.05) is 0 Å². The molecule has 1 aromatic heterocycles. The highest BCUT2D eigenvalue weighted by Gasteiger charge is 2.24. The van der Waals surface area contributed by atoms with Gasteiger partial charge in [-0.3, -0.25) is 4.57 Å². The Morgan fingerprint density at radius 3 is 2.04 bits per heavy atom. The molecule has 2 nitrogen and oxygen atoms in total. The molecule has 11 rings (SSSR count). The van der Waals surface area contributed by atoms with Crippen LogP contribution in [0.25, 0.3) is 88.8 Å². The number of rotatable bonds is 5. The quantitative estimate of drug-likeness (QED) is 0.163. The number of allylic oxidation sites excluding steroid dienone is 1. The maximum Gasteiger partial charge on any atom is 0.145 e. The molecule has 1 aliphatic carbocycles. The highest BCUT2D eigenvalue weighted by atomic mass is 15.1. The first-order valence-electron chi connectivity index (χ1n) is 19.1. The summed E-state index contributed by atoms with van der Waals surface area (Å²) in [7, 11) is 0. The van der Waals surface area contributed by atoms with E-state index in [9.17, 15) is 0 Å². The molecule has 0 bridgehead atoms. The summed E-state index contributed by atoms with van der Waals surface area (Å²) in [6, 6.07) is 68.5. The highest BCUT2D eigenvalue weighted by molar-refractivity contribution is 6.16. The van der Waals surface area contributed by atoms with Gasteiger partial charge in [0.1, 0.15) is 5.82 Å². The molecule has 0 N–H and O–H groups in total. The summed E-state index contributed by atoms with van der Waals surface area (Å²) in [5.74, 6) is 1.19. The van der Waals surface area contributed by atoms with Gasteiger partial charge in [-0.05, 0) is 114 Å². The Bertz CT molecular complexity index is 3110. The summed E-state index contributed by atoms with van der Waals surface area (Å²) in [6.07, 6.45) is 5.73. The van der Waals surface area contributed by atoms with Gasteiger partial charge in [0, 0.05) is 17.2 Å². The summed E-state index contributed by atoms with van der Waals surface area (Å²) in [4.78, 5) is 5.12. The van der Waals surface area contributed by atoms with Crippen molar-refractivity contribution in [1.29, 1.82) is 0 Å². The smallest absolute Gasteiger partial charge is 0.145 e. The van der Waals surface area contributed by atoms with Gasteiger partial charge in [0.05, 0.1) is 11.0 Å². The monoisotopic (exact) mass is 700 g/mol. The van der Waals surface area contributed by atoms with E-state index in [2.05, 4.69) is 205 Å². The molecule has 0 aliphatic heterocycles. The molecule has 0 saturated carbocycles. The summed E-state index contributed by atoms with van der Waals surface area (Å²) in [5.41, 5.74) is 13.3. The van der Waals surface area contributed by atoms with Crippen molar-refractivity contribution in [3.05, 3.63) is 211 Å². The van der Waals surface area contributed by atoms with Crippen molar-refractivity contribution in [2.75, 3.05) is 0 Å². The molecule has 0 spiro atoms. The fourth-order valence-electron chi connectivity index (χ4n) is 8.92. The number of para-hydroxylation sites is 3. The molecule has 55 heavy (non-hydrogen) atoms. The van der Waals surface area contributed by atoms with Gasteiger partial charge in [0.25, 0.3) is 0 Å². The van der Waals surface area contributed by atoms with Gasteiger partial charge in [-0.15, -0.1) is 0 Å². The molecule has 1 unspecified atom stereocenters. The second kappa shape index (κ2) is 12.8. The van der Waals surface area contributed by atoms with E-state index in [0.717, 1.165) is 34.5 Å². The number of hydrogen-bond acceptors (Lipinski definition) is 1. The van der Waals surface area contributed by atoms with Gasteiger partial charge in [0.15, 0.2) is 0 Å². The zero-order chi connectivity index (χ0) is 36.3. The summed E-state index contributed by atoms with van der Waals surface area (Å²) in [6.45, 7) is 0. The van der Waals surface area contributed by atoms with E-state index >= 15 is 0 Å². The van der Waals surface area contributed by atoms with Crippen LogP contribution >= 0.6 is 0 Å². The van der Waals surface area contributed by atoms with Crippen molar-refractivity contribution in [2.45, 2.75) is 12.3 Å². The average molecular weight is 701 g/mol. The Hall–Kier alpha value is -7.03. The fraction of sp³-hybridized carbons (Fsp3) is 0.0377. The van der Waals surface area contributed by atoms with Gasteiger partial charge in [-0.1, -0.05) is 164 Å². The lowest BCUT2D eigenvalue weighted by molar-refractivity contribution is 0.841. The number of hydrogen-bond donors (Lipinski definition) is 0. The van der Waals surface area contributed by atoms with Gasteiger partial charge in [0.2, 0.25) is 0 Å². The Morgan fingerprint density at radius 2 is 1.15 bits per heavy atom. The molecule has 10 aromatic rings. The van der Waals surface area contributed by atoms with E-state index < -0.39 is 0 Å². The zero-order valence-corrected chi connectivity index (χ0v) is 30.2. The second-order valence-electron chi connectivity index (χ2n) is 14.7. The summed E-state index contributed by atoms with van der Waals surface area (Å²) in [5, 5.41) is 7.72. The van der Waals surface area contributed by atoms with Gasteiger partial charge < -0.3 is 0 Å². The zero-order valence-electron chi connectivity index (χ0n) is 30.2. The lowest BCUT2D eigenvalue weighted by Crippen LogP contribution is -2.07. The number of nitrogens with zero attached hydrogens (tertiary/aromatic N) is 2. The first kappa shape index (κ1) is 31.5. The molecule has 1 heterocycles. The third-order valence-corrected chi connectivity index (χ3v) is 11.5. The van der Waals surface area contributed by atoms with Crippen LogP contribution in [-0.2, 0) is 6.42 Å². The molecule has 258 valence electrons. The van der Waals surface area contributed by atoms with Crippen LogP contribution in [0.5, 0.6) is 0 Å². The van der Waals surface area contributed by atoms with Crippen molar-refractivity contribution in [2.24, 2.45) is 0 Å². The van der Waals surface area contributed by atoms with E-state index in [4.69, 9.17) is 4.98 Å². The van der Waals surface area contributed by atoms with E-state index in [-0.39, 0.29) is 5.92 Å². The number of imidazole rings is 1. The third-order valence-electron chi connectivity index (χ3n) is 11.5. The van der Waals surface area contributed by atoms with Crippen molar-refractivity contribution in [3.8, 4) is 39.3 Å². The van der Waals surface area contributed by atoms with Crippen molar-refractivity contribution >= 4 is 49.4 Å². The van der Waals surface area contributed by atoms with Crippen LogP contribution in [0.15, 0.2) is 194 Å². The molecular formula is C53H36N2. The first-order valence-corrected chi connectivity index (χ1v) is 19.1. The van der Waals surface area contributed by atoms with Crippen molar-refractivity contribution in [1.82, 2.24) is 9.55 Å². The minimum Gasteiger partial charge on any atom is -0.292 e. The SMILES string of the molecule is C1=CC(c2c3ccccc3c(-c3ccc4ccccc4c3)c3ccc(-c4ccc(-c5nc6ccccc6n5-c5ccccc5)cc4)cc23)Cc2ccccc21. The van der Waals surface area contributed by atoms with Crippen LogP contribution in [0.4, 0.5) is 0 Å². The van der Waals surface area contributed by atoms with Crippen LogP contribution in [0, 0.1) is 0 Å². The standard InChI is InChI=1S/C53H36N2/c1-2-16-44(17-3-1)55-50-21-11-10-20-49(50)54-53(55)38-26-22-37(23-27-38)41-30-31-47-48(34-41)52(43-29-25-36-13-5-7-15-40(36)33-43)46-19-9-8-18-45(46)51(47)42-28-24-35-12-4-6-14-39(35)32-42/h1-32,34,43H,33H2. The fourth-order valence-corrected chi connectivity index (χ4v) is 8.92. The Kier molecular flexibility index (Phi) is 7.34. The lowest BCUT2D eigenvalue weighted by Gasteiger charge is -2.25. The van der Waals surface area contributed by atoms with E-state index in [0.29, 0.717) is 0 Å². The molecule has 2 heteroatoms. The number of benzene rings is 9. The highest BCUT2D eigenvalue weighted by Crippen LogP contribution is 2.46. The van der Waals surface area contributed by atoms with Gasteiger partial charge in [-0.25, -0.2) is 4.98 Å². The van der Waals surface area contributed by atoms with E-state index in [1.54, 1.807) is 0 Å². The van der Waals surface area contributed by atoms with Gasteiger partial charge in [-0.2, -0.15) is 0 Å². The lowest BCUT2D eigenvalue weighted by atomic mass is 9.78. The molecule has 1 aliphatic rings. The molecular weight excluding hydrogens is 665 g/mol. The van der Waals surface area contributed by atoms with Crippen molar-refractivity contribution in [3.63, 3.8) is 0 Å². The van der Waals surface area contributed by atoms with Crippen LogP contribution in [0.2, 0.25) is 0 Å². The summed E-state index contributed by atoms with van der Waals surface area (Å²) < 4.78 is 2.27. The van der Waals surface area contributed by atoms with Crippen molar-refractivity contribution < 1.29 is 0 Å². The third kappa shape index (κ3) is 5.29. The van der Waals surface area contributed by atoms with Crippen LogP contribution in [0.1, 0.15) is 22.6 Å². The average Bonchev–Trinajstić information content (AvgIpc) is 3.65.